The molecule has 2 N–H and O–H groups in total. The van der Waals surface area contributed by atoms with Gasteiger partial charge in [-0.1, -0.05) is 6.07 Å². The van der Waals surface area contributed by atoms with Crippen molar-refractivity contribution >= 4 is 5.78 Å². The van der Waals surface area contributed by atoms with Crippen LogP contribution in [0.3, 0.4) is 0 Å². The standard InChI is InChI=1S/C22H29N3O4/c1-24-9-7-22-13-4-5-15(26)19(22)28-18-16(6-3-12(17(18)22)11-14(13)24)27-21-20(29-21)25(2)10-8-23/h3,6,13-14,19-21H,4-5,7-11,23H2,1-2H3/t13?,14-,19+,20?,21?,22+/m1/s1. The molecule has 7 heteroatoms. The van der Waals surface area contributed by atoms with Crippen LogP contribution in [0, 0.1) is 5.92 Å². The Morgan fingerprint density at radius 2 is 2.28 bits per heavy atom. The summed E-state index contributed by atoms with van der Waals surface area (Å²) in [7, 11) is 4.21. The zero-order valence-corrected chi connectivity index (χ0v) is 17.1. The molecule has 3 unspecified atom stereocenters. The summed E-state index contributed by atoms with van der Waals surface area (Å²) in [6, 6.07) is 4.68. The van der Waals surface area contributed by atoms with Crippen molar-refractivity contribution < 1.29 is 19.0 Å². The van der Waals surface area contributed by atoms with Crippen LogP contribution in [-0.4, -0.2) is 74.0 Å². The number of nitrogens with two attached hydrogens (primary N) is 1. The van der Waals surface area contributed by atoms with Gasteiger partial charge in [0.05, 0.1) is 0 Å². The number of benzene rings is 1. The minimum atomic E-state index is -0.355. The molecule has 0 amide bonds. The lowest BCUT2D eigenvalue weighted by Crippen LogP contribution is -2.65. The molecule has 2 bridgehead atoms. The Kier molecular flexibility index (Phi) is 3.86. The zero-order chi connectivity index (χ0) is 19.9. The average Bonchev–Trinajstić information content (AvgIpc) is 3.38. The summed E-state index contributed by atoms with van der Waals surface area (Å²) < 4.78 is 18.4. The normalized spacial score (nSPS) is 39.3. The lowest BCUT2D eigenvalue weighted by atomic mass is 9.52. The lowest BCUT2D eigenvalue weighted by molar-refractivity contribution is -0.138. The van der Waals surface area contributed by atoms with Crippen LogP contribution in [0.15, 0.2) is 12.1 Å². The Hall–Kier alpha value is -1.67. The molecule has 3 aliphatic heterocycles. The Balaban J connectivity index is 1.38. The van der Waals surface area contributed by atoms with Crippen LogP contribution in [0.25, 0.3) is 0 Å². The van der Waals surface area contributed by atoms with Gasteiger partial charge in [0.2, 0.25) is 6.29 Å². The number of nitrogens with zero attached hydrogens (tertiary/aromatic N) is 2. The van der Waals surface area contributed by atoms with Gasteiger partial charge in [-0.15, -0.1) is 0 Å². The second-order valence-corrected chi connectivity index (χ2v) is 9.36. The number of hydrogen-bond acceptors (Lipinski definition) is 7. The molecule has 1 aromatic rings. The number of hydrogen-bond donors (Lipinski definition) is 1. The Bertz CT molecular complexity index is 876. The SMILES string of the molecule is CN(CCN)C1OC1Oc1ccc2c3c1O[C@H]1C(=O)CCC4[C@@H](C2)N(C)CC[C@@]341. The van der Waals surface area contributed by atoms with Crippen molar-refractivity contribution in [3.63, 3.8) is 0 Å². The zero-order valence-electron chi connectivity index (χ0n) is 17.1. The van der Waals surface area contributed by atoms with E-state index >= 15 is 0 Å². The predicted octanol–water partition coefficient (Wildman–Crippen LogP) is 0.876. The highest BCUT2D eigenvalue weighted by Crippen LogP contribution is 2.63. The number of epoxide rings is 1. The molecule has 2 saturated heterocycles. The quantitative estimate of drug-likeness (QED) is 0.736. The smallest absolute Gasteiger partial charge is 0.242 e. The van der Waals surface area contributed by atoms with E-state index in [0.29, 0.717) is 30.7 Å². The molecule has 0 aromatic heterocycles. The lowest BCUT2D eigenvalue weighted by Gasteiger charge is -2.57. The van der Waals surface area contributed by atoms with Gasteiger partial charge in [-0.2, -0.15) is 0 Å². The van der Waals surface area contributed by atoms with Crippen LogP contribution in [-0.2, 0) is 21.4 Å². The molecule has 6 atom stereocenters. The summed E-state index contributed by atoms with van der Waals surface area (Å²) in [4.78, 5) is 17.5. The number of likely N-dealkylation sites (N-methyl/N-ethyl adjacent to an activating group) is 2. The van der Waals surface area contributed by atoms with E-state index in [9.17, 15) is 4.79 Å². The summed E-state index contributed by atoms with van der Waals surface area (Å²) in [5.74, 6) is 2.24. The van der Waals surface area contributed by atoms with Gasteiger partial charge in [-0.25, -0.2) is 0 Å². The summed E-state index contributed by atoms with van der Waals surface area (Å²) in [6.07, 6.45) is 2.85. The highest BCUT2D eigenvalue weighted by atomic mass is 16.8. The molecule has 6 rings (SSSR count). The van der Waals surface area contributed by atoms with E-state index in [1.807, 2.05) is 13.1 Å². The monoisotopic (exact) mass is 399 g/mol. The van der Waals surface area contributed by atoms with Crippen LogP contribution in [0.4, 0.5) is 0 Å². The molecule has 29 heavy (non-hydrogen) atoms. The van der Waals surface area contributed by atoms with E-state index in [-0.39, 0.29) is 29.8 Å². The van der Waals surface area contributed by atoms with Gasteiger partial charge in [-0.05, 0) is 57.5 Å². The Labute approximate surface area is 171 Å². The predicted molar refractivity (Wildman–Crippen MR) is 106 cm³/mol. The second kappa shape index (κ2) is 6.17. The first-order valence-electron chi connectivity index (χ1n) is 10.8. The summed E-state index contributed by atoms with van der Waals surface area (Å²) >= 11 is 0. The van der Waals surface area contributed by atoms with Crippen molar-refractivity contribution in [2.45, 2.75) is 55.8 Å². The minimum Gasteiger partial charge on any atom is -0.477 e. The average molecular weight is 399 g/mol. The van der Waals surface area contributed by atoms with Crippen molar-refractivity contribution in [2.24, 2.45) is 11.7 Å². The van der Waals surface area contributed by atoms with Crippen LogP contribution in [0.1, 0.15) is 30.4 Å². The molecule has 1 saturated carbocycles. The largest absolute Gasteiger partial charge is 0.477 e. The number of piperidine rings is 1. The Morgan fingerprint density at radius 3 is 3.10 bits per heavy atom. The summed E-state index contributed by atoms with van der Waals surface area (Å²) in [5.41, 5.74) is 8.06. The van der Waals surface area contributed by atoms with Crippen LogP contribution in [0.2, 0.25) is 0 Å². The van der Waals surface area contributed by atoms with Crippen molar-refractivity contribution in [1.82, 2.24) is 9.80 Å². The van der Waals surface area contributed by atoms with E-state index in [0.717, 1.165) is 38.1 Å². The van der Waals surface area contributed by atoms with Crippen molar-refractivity contribution in [3.8, 4) is 11.5 Å². The minimum absolute atomic E-state index is 0.0780. The maximum Gasteiger partial charge on any atom is 0.242 e. The van der Waals surface area contributed by atoms with Gasteiger partial charge < -0.3 is 24.8 Å². The van der Waals surface area contributed by atoms with Gasteiger partial charge in [0.15, 0.2) is 29.6 Å². The fraction of sp³-hybridized carbons (Fsp3) is 0.682. The van der Waals surface area contributed by atoms with E-state index in [4.69, 9.17) is 19.9 Å². The molecule has 2 aliphatic carbocycles. The maximum atomic E-state index is 12.9. The number of carbonyl (C=O) groups excluding carboxylic acids is 1. The molecular formula is C22H29N3O4. The van der Waals surface area contributed by atoms with Gasteiger partial charge in [0.25, 0.3) is 0 Å². The van der Waals surface area contributed by atoms with Crippen LogP contribution in [0.5, 0.6) is 11.5 Å². The first kappa shape index (κ1) is 18.1. The Morgan fingerprint density at radius 1 is 1.41 bits per heavy atom. The molecule has 1 aromatic carbocycles. The van der Waals surface area contributed by atoms with Crippen molar-refractivity contribution in [1.29, 1.82) is 0 Å². The molecule has 3 fully saturated rings. The number of rotatable bonds is 5. The highest BCUT2D eigenvalue weighted by Gasteiger charge is 2.65. The number of likely N-dealkylation sites (tertiary alicyclic amines) is 1. The first-order valence-corrected chi connectivity index (χ1v) is 10.8. The number of ketones is 1. The molecule has 5 aliphatic rings. The van der Waals surface area contributed by atoms with E-state index in [1.165, 1.54) is 11.1 Å². The fourth-order valence-corrected chi connectivity index (χ4v) is 6.55. The van der Waals surface area contributed by atoms with Gasteiger partial charge in [-0.3, -0.25) is 9.69 Å². The maximum absolute atomic E-state index is 12.9. The topological polar surface area (TPSA) is 80.6 Å². The third kappa shape index (κ3) is 2.36. The third-order valence-corrected chi connectivity index (χ3v) is 7.96. The first-order chi connectivity index (χ1) is 14.0. The van der Waals surface area contributed by atoms with E-state index in [2.05, 4.69) is 22.9 Å². The highest BCUT2D eigenvalue weighted by molar-refractivity contribution is 5.89. The molecule has 3 heterocycles. The van der Waals surface area contributed by atoms with Gasteiger partial charge in [0.1, 0.15) is 0 Å². The molecule has 0 radical (unpaired) electrons. The van der Waals surface area contributed by atoms with Gasteiger partial charge in [0, 0.05) is 36.5 Å². The van der Waals surface area contributed by atoms with Crippen molar-refractivity contribution in [3.05, 3.63) is 23.3 Å². The molecule has 7 nitrogen and oxygen atoms in total. The second-order valence-electron chi connectivity index (χ2n) is 9.36. The summed E-state index contributed by atoms with van der Waals surface area (Å²) in [6.45, 7) is 2.35. The fourth-order valence-electron chi connectivity index (χ4n) is 6.55. The molecule has 156 valence electrons. The molecule has 1 spiro atoms. The number of Topliss-reactive ketones (excluding diaryl/α,β-unsaturated/α-hetero) is 1. The van der Waals surface area contributed by atoms with E-state index in [1.54, 1.807) is 0 Å². The number of ether oxygens (including phenoxy) is 3. The van der Waals surface area contributed by atoms with E-state index < -0.39 is 0 Å². The summed E-state index contributed by atoms with van der Waals surface area (Å²) in [5, 5.41) is 0. The van der Waals surface area contributed by atoms with Gasteiger partial charge >= 0.3 is 0 Å². The third-order valence-electron chi connectivity index (χ3n) is 7.96. The van der Waals surface area contributed by atoms with Crippen LogP contribution < -0.4 is 15.2 Å². The van der Waals surface area contributed by atoms with Crippen molar-refractivity contribution in [2.75, 3.05) is 33.7 Å². The molecular weight excluding hydrogens is 370 g/mol. The van der Waals surface area contributed by atoms with Crippen LogP contribution >= 0.6 is 0 Å². The number of carbonyl (C=O) groups is 1.